The lowest BCUT2D eigenvalue weighted by molar-refractivity contribution is -0.384. The predicted molar refractivity (Wildman–Crippen MR) is 109 cm³/mol. The molecular formula is C22H33NO5. The van der Waals surface area contributed by atoms with E-state index in [0.29, 0.717) is 6.42 Å². The maximum absolute atomic E-state index is 11.8. The van der Waals surface area contributed by atoms with Gasteiger partial charge in [-0.25, -0.2) is 4.79 Å². The second-order valence-corrected chi connectivity index (χ2v) is 7.20. The van der Waals surface area contributed by atoms with Crippen LogP contribution in [0.1, 0.15) is 90.4 Å². The van der Waals surface area contributed by atoms with Crippen molar-refractivity contribution in [2.45, 2.75) is 90.4 Å². The Morgan fingerprint density at radius 3 is 1.75 bits per heavy atom. The second kappa shape index (κ2) is 14.8. The molecule has 6 nitrogen and oxygen atoms in total. The number of nitrogens with zero attached hydrogens (tertiary/aromatic N) is 1. The number of non-ortho nitro benzene ring substituents is 1. The highest BCUT2D eigenvalue weighted by molar-refractivity contribution is 6.34. The van der Waals surface area contributed by atoms with E-state index < -0.39 is 16.7 Å². The third-order valence-corrected chi connectivity index (χ3v) is 4.74. The highest BCUT2D eigenvalue weighted by Gasteiger charge is 2.16. The van der Waals surface area contributed by atoms with E-state index in [0.717, 1.165) is 12.8 Å². The number of rotatable bonds is 16. The molecule has 0 bridgehead atoms. The van der Waals surface area contributed by atoms with Gasteiger partial charge in [-0.2, -0.15) is 0 Å². The lowest BCUT2D eigenvalue weighted by atomic mass is 10.0. The molecule has 0 aliphatic rings. The van der Waals surface area contributed by atoms with Gasteiger partial charge in [0.1, 0.15) is 5.75 Å². The third-order valence-electron chi connectivity index (χ3n) is 4.74. The van der Waals surface area contributed by atoms with E-state index in [1.54, 1.807) is 0 Å². The van der Waals surface area contributed by atoms with E-state index in [-0.39, 0.29) is 17.9 Å². The summed E-state index contributed by atoms with van der Waals surface area (Å²) in [4.78, 5) is 33.6. The average molecular weight is 392 g/mol. The van der Waals surface area contributed by atoms with Crippen molar-refractivity contribution in [2.24, 2.45) is 0 Å². The monoisotopic (exact) mass is 391 g/mol. The van der Waals surface area contributed by atoms with Crippen molar-refractivity contribution in [2.75, 3.05) is 0 Å². The van der Waals surface area contributed by atoms with Crippen LogP contribution in [-0.4, -0.2) is 16.7 Å². The standard InChI is InChI=1S/C22H33NO5/c1-2-3-4-5-6-7-8-9-10-11-12-13-14-21(24)22(25)28-20-17-15-19(16-18-20)23(26)27/h15-18H,2-14H2,1H3. The molecule has 0 radical (unpaired) electrons. The topological polar surface area (TPSA) is 86.5 Å². The van der Waals surface area contributed by atoms with Crippen molar-refractivity contribution in [3.63, 3.8) is 0 Å². The van der Waals surface area contributed by atoms with Crippen molar-refractivity contribution in [1.82, 2.24) is 0 Å². The number of nitro benzene ring substituents is 1. The first-order valence-corrected chi connectivity index (χ1v) is 10.5. The summed E-state index contributed by atoms with van der Waals surface area (Å²) in [6.45, 7) is 2.23. The molecule has 0 aromatic heterocycles. The first-order chi connectivity index (χ1) is 13.5. The Balaban J connectivity index is 2.04. The summed E-state index contributed by atoms with van der Waals surface area (Å²) in [7, 11) is 0. The number of benzene rings is 1. The first kappa shape index (κ1) is 23.8. The summed E-state index contributed by atoms with van der Waals surface area (Å²) >= 11 is 0. The van der Waals surface area contributed by atoms with Gasteiger partial charge < -0.3 is 4.74 Å². The second-order valence-electron chi connectivity index (χ2n) is 7.20. The quantitative estimate of drug-likeness (QED) is 0.0841. The molecule has 0 aliphatic heterocycles. The maximum atomic E-state index is 11.8. The summed E-state index contributed by atoms with van der Waals surface area (Å²) in [6, 6.07) is 5.09. The molecule has 0 fully saturated rings. The minimum absolute atomic E-state index is 0.0948. The highest BCUT2D eigenvalue weighted by Crippen LogP contribution is 2.18. The molecule has 0 amide bonds. The smallest absolute Gasteiger partial charge is 0.379 e. The lowest BCUT2D eigenvalue weighted by Gasteiger charge is -2.04. The van der Waals surface area contributed by atoms with Crippen LogP contribution in [0.4, 0.5) is 5.69 Å². The molecule has 6 heteroatoms. The number of Topliss-reactive ketones (excluding diaryl/α,β-unsaturated/α-hetero) is 1. The van der Waals surface area contributed by atoms with Crippen LogP contribution in [0.2, 0.25) is 0 Å². The fourth-order valence-corrected chi connectivity index (χ4v) is 3.03. The molecule has 156 valence electrons. The molecule has 1 aromatic rings. The van der Waals surface area contributed by atoms with Crippen LogP contribution in [-0.2, 0) is 9.59 Å². The number of nitro groups is 1. The van der Waals surface area contributed by atoms with E-state index in [1.807, 2.05) is 0 Å². The van der Waals surface area contributed by atoms with Gasteiger partial charge in [0.05, 0.1) is 4.92 Å². The third kappa shape index (κ3) is 10.8. The number of ether oxygens (including phenoxy) is 1. The molecule has 0 spiro atoms. The molecule has 0 heterocycles. The molecule has 0 saturated carbocycles. The molecule has 28 heavy (non-hydrogen) atoms. The number of unbranched alkanes of at least 4 members (excludes halogenated alkanes) is 11. The van der Waals surface area contributed by atoms with Crippen molar-refractivity contribution in [3.8, 4) is 5.75 Å². The Morgan fingerprint density at radius 2 is 1.29 bits per heavy atom. The average Bonchev–Trinajstić information content (AvgIpc) is 2.69. The summed E-state index contributed by atoms with van der Waals surface area (Å²) in [5, 5.41) is 10.6. The van der Waals surface area contributed by atoms with E-state index in [9.17, 15) is 19.7 Å². The zero-order valence-electron chi connectivity index (χ0n) is 17.0. The highest BCUT2D eigenvalue weighted by atomic mass is 16.6. The van der Waals surface area contributed by atoms with Crippen LogP contribution < -0.4 is 4.74 Å². The van der Waals surface area contributed by atoms with Gasteiger partial charge in [-0.3, -0.25) is 14.9 Å². The zero-order valence-corrected chi connectivity index (χ0v) is 17.0. The largest absolute Gasteiger partial charge is 0.421 e. The number of carbonyl (C=O) groups is 2. The summed E-state index contributed by atoms with van der Waals surface area (Å²) < 4.78 is 4.96. The number of ketones is 1. The summed E-state index contributed by atoms with van der Waals surface area (Å²) in [6.07, 6.45) is 14.6. The normalized spacial score (nSPS) is 10.6. The van der Waals surface area contributed by atoms with Gasteiger partial charge in [0.15, 0.2) is 0 Å². The van der Waals surface area contributed by atoms with Crippen molar-refractivity contribution >= 4 is 17.4 Å². The minimum Gasteiger partial charge on any atom is -0.421 e. The minimum atomic E-state index is -0.906. The number of hydrogen-bond acceptors (Lipinski definition) is 5. The molecule has 0 N–H and O–H groups in total. The van der Waals surface area contributed by atoms with Gasteiger partial charge >= 0.3 is 5.97 Å². The van der Waals surface area contributed by atoms with Crippen LogP contribution in [0, 0.1) is 10.1 Å². The van der Waals surface area contributed by atoms with Gasteiger partial charge in [0.25, 0.3) is 5.69 Å². The van der Waals surface area contributed by atoms with Crippen molar-refractivity contribution < 1.29 is 19.2 Å². The maximum Gasteiger partial charge on any atom is 0.379 e. The van der Waals surface area contributed by atoms with Gasteiger partial charge in [0.2, 0.25) is 5.78 Å². The number of carbonyl (C=O) groups excluding carboxylic acids is 2. The molecular weight excluding hydrogens is 358 g/mol. The van der Waals surface area contributed by atoms with Gasteiger partial charge in [-0.15, -0.1) is 0 Å². The molecule has 1 aromatic carbocycles. The number of esters is 1. The van der Waals surface area contributed by atoms with Gasteiger partial charge in [-0.05, 0) is 18.6 Å². The van der Waals surface area contributed by atoms with Crippen LogP contribution in [0.3, 0.4) is 0 Å². The Kier molecular flexibility index (Phi) is 12.6. The Morgan fingerprint density at radius 1 is 0.821 bits per heavy atom. The van der Waals surface area contributed by atoms with E-state index >= 15 is 0 Å². The van der Waals surface area contributed by atoms with Crippen LogP contribution >= 0.6 is 0 Å². The van der Waals surface area contributed by atoms with E-state index in [4.69, 9.17) is 4.74 Å². The molecule has 0 aliphatic carbocycles. The van der Waals surface area contributed by atoms with Gasteiger partial charge in [-0.1, -0.05) is 77.6 Å². The summed E-state index contributed by atoms with van der Waals surface area (Å²) in [5.74, 6) is -1.32. The Hall–Kier alpha value is -2.24. The zero-order chi connectivity index (χ0) is 20.6. The molecule has 0 saturated heterocycles. The fourth-order valence-electron chi connectivity index (χ4n) is 3.03. The van der Waals surface area contributed by atoms with Crippen LogP contribution in [0.5, 0.6) is 5.75 Å². The van der Waals surface area contributed by atoms with Crippen LogP contribution in [0.15, 0.2) is 24.3 Å². The molecule has 0 unspecified atom stereocenters. The van der Waals surface area contributed by atoms with E-state index in [2.05, 4.69) is 6.92 Å². The van der Waals surface area contributed by atoms with Crippen molar-refractivity contribution in [1.29, 1.82) is 0 Å². The lowest BCUT2D eigenvalue weighted by Crippen LogP contribution is -2.20. The summed E-state index contributed by atoms with van der Waals surface area (Å²) in [5.41, 5.74) is -0.0948. The first-order valence-electron chi connectivity index (χ1n) is 10.5. The molecule has 0 atom stereocenters. The Labute approximate surface area is 167 Å². The van der Waals surface area contributed by atoms with Gasteiger partial charge in [0, 0.05) is 18.6 Å². The Bertz CT molecular complexity index is 597. The predicted octanol–water partition coefficient (Wildman–Crippen LogP) is 6.16. The van der Waals surface area contributed by atoms with Crippen LogP contribution in [0.25, 0.3) is 0 Å². The van der Waals surface area contributed by atoms with E-state index in [1.165, 1.54) is 82.1 Å². The SMILES string of the molecule is CCCCCCCCCCCCCCC(=O)C(=O)Oc1ccc([N+](=O)[O-])cc1. The fraction of sp³-hybridized carbons (Fsp3) is 0.636. The van der Waals surface area contributed by atoms with Crippen molar-refractivity contribution in [3.05, 3.63) is 34.4 Å². The molecule has 1 rings (SSSR count). The number of hydrogen-bond donors (Lipinski definition) is 0.